The van der Waals surface area contributed by atoms with Gasteiger partial charge in [-0.1, -0.05) is 54.0 Å². The van der Waals surface area contributed by atoms with E-state index in [9.17, 15) is 24.8 Å². The zero-order valence-corrected chi connectivity index (χ0v) is 29.0. The Kier molecular flexibility index (Phi) is 7.68. The molecule has 0 spiro atoms. The largest absolute Gasteiger partial charge is 0.733 e. The quantitative estimate of drug-likeness (QED) is 0.253. The molecule has 1 amide bonds. The van der Waals surface area contributed by atoms with Crippen LogP contribution in [0.15, 0.2) is 35.9 Å². The Morgan fingerprint density at radius 1 is 0.935 bits per heavy atom. The number of allylic oxidation sites excluding steroid dienone is 2. The highest BCUT2D eigenvalue weighted by Gasteiger charge is 2.70. The molecule has 0 unspecified atom stereocenters. The smallest absolute Gasteiger partial charge is 0.302 e. The number of amides is 1. The van der Waals surface area contributed by atoms with Crippen LogP contribution in [0.4, 0.5) is 11.4 Å². The molecule has 0 heterocycles. The van der Waals surface area contributed by atoms with Gasteiger partial charge in [0.1, 0.15) is 6.10 Å². The van der Waals surface area contributed by atoms with Crippen LogP contribution in [0.25, 0.3) is 0 Å². The SMILES string of the molecule is CC(=O)O[C@@H]1CC[C@]2(C)[C@H](CC[C@]3(C)[C@@H]2C(=O)C=C2[C@H]4C[C@@](C)(C(=O)Nc5ccc(N([O-])O)cc5)CC[C@]4(C)CC[C@@]23C)C1(C)C. The van der Waals surface area contributed by atoms with E-state index < -0.39 is 5.41 Å². The summed E-state index contributed by atoms with van der Waals surface area (Å²) in [4.78, 5) is 40.5. The van der Waals surface area contributed by atoms with E-state index in [1.165, 1.54) is 24.6 Å². The van der Waals surface area contributed by atoms with Gasteiger partial charge in [-0.05, 0) is 122 Å². The molecule has 8 nitrogen and oxygen atoms in total. The molecule has 0 bridgehead atoms. The van der Waals surface area contributed by atoms with Gasteiger partial charge in [0.05, 0.1) is 5.69 Å². The van der Waals surface area contributed by atoms with Gasteiger partial charge in [-0.25, -0.2) is 0 Å². The molecule has 1 aromatic rings. The standard InChI is InChI=1S/C38H53N2O6/c1-23(41)46-30-14-15-36(6)29(33(30,2)3)13-16-38(8)31(36)28(42)21-26-27-22-35(5,18-17-34(27,4)19-20-37(26,38)7)32(43)39-24-9-11-25(12-10-24)40(44)45/h9-12,21,27,29-31,44H,13-20,22H2,1-8H3,(H,39,43)/q-1/t27-,29-,30-,31-,34-,35+,36-,37+,38-/m1/s1. The van der Waals surface area contributed by atoms with Crippen molar-refractivity contribution in [3.8, 4) is 0 Å². The van der Waals surface area contributed by atoms with Crippen LogP contribution >= 0.6 is 0 Å². The fraction of sp³-hybridized carbons (Fsp3) is 0.711. The van der Waals surface area contributed by atoms with Gasteiger partial charge in [0.15, 0.2) is 5.78 Å². The summed E-state index contributed by atoms with van der Waals surface area (Å²) in [7, 11) is 0. The van der Waals surface area contributed by atoms with Gasteiger partial charge in [-0.2, -0.15) is 0 Å². The fourth-order valence-corrected chi connectivity index (χ4v) is 11.7. The first-order valence-electron chi connectivity index (χ1n) is 17.3. The normalized spacial score (nSPS) is 42.7. The van der Waals surface area contributed by atoms with E-state index in [0.717, 1.165) is 51.4 Å². The van der Waals surface area contributed by atoms with Crippen LogP contribution < -0.4 is 10.5 Å². The Morgan fingerprint density at radius 2 is 1.59 bits per heavy atom. The number of benzene rings is 1. The molecule has 4 saturated carbocycles. The number of hydrogen-bond acceptors (Lipinski definition) is 7. The summed E-state index contributed by atoms with van der Waals surface area (Å²) >= 11 is 0. The van der Waals surface area contributed by atoms with E-state index >= 15 is 0 Å². The highest BCUT2D eigenvalue weighted by Crippen LogP contribution is 2.75. The molecule has 9 atom stereocenters. The minimum atomic E-state index is -0.618. The molecular formula is C38H53N2O6-. The second-order valence-corrected chi connectivity index (χ2v) is 17.5. The lowest BCUT2D eigenvalue weighted by Crippen LogP contribution is -2.66. The summed E-state index contributed by atoms with van der Waals surface area (Å²) < 4.78 is 5.86. The maximum Gasteiger partial charge on any atom is 0.302 e. The molecule has 1 aromatic carbocycles. The first-order valence-corrected chi connectivity index (χ1v) is 17.3. The van der Waals surface area contributed by atoms with Crippen molar-refractivity contribution in [2.75, 3.05) is 10.5 Å². The molecule has 5 aliphatic rings. The molecule has 0 aliphatic heterocycles. The number of ether oxygens (including phenoxy) is 1. The minimum Gasteiger partial charge on any atom is -0.733 e. The van der Waals surface area contributed by atoms with Gasteiger partial charge in [0.2, 0.25) is 5.91 Å². The summed E-state index contributed by atoms with van der Waals surface area (Å²) in [5.74, 6) is 0.275. The summed E-state index contributed by atoms with van der Waals surface area (Å²) in [6.07, 6.45) is 10.0. The molecule has 6 rings (SSSR count). The van der Waals surface area contributed by atoms with Gasteiger partial charge in [-0.3, -0.25) is 19.6 Å². The van der Waals surface area contributed by atoms with Gasteiger partial charge in [0, 0.05) is 29.4 Å². The molecule has 0 radical (unpaired) electrons. The first kappa shape index (κ1) is 33.2. The van der Waals surface area contributed by atoms with Gasteiger partial charge in [-0.15, -0.1) is 0 Å². The van der Waals surface area contributed by atoms with Crippen molar-refractivity contribution in [2.45, 2.75) is 119 Å². The number of fused-ring (bicyclic) bond motifs is 7. The topological polar surface area (TPSA) is 119 Å². The Bertz CT molecular complexity index is 1470. The average Bonchev–Trinajstić information content (AvgIpc) is 2.96. The van der Waals surface area contributed by atoms with E-state index in [4.69, 9.17) is 4.74 Å². The Morgan fingerprint density at radius 3 is 2.22 bits per heavy atom. The third-order valence-corrected chi connectivity index (χ3v) is 14.7. The van der Waals surface area contributed by atoms with Crippen molar-refractivity contribution in [3.05, 3.63) is 41.1 Å². The van der Waals surface area contributed by atoms with Crippen LogP contribution in [-0.2, 0) is 19.1 Å². The molecule has 252 valence electrons. The predicted molar refractivity (Wildman–Crippen MR) is 178 cm³/mol. The molecule has 5 aliphatic carbocycles. The van der Waals surface area contributed by atoms with Crippen LogP contribution in [0, 0.1) is 55.5 Å². The zero-order chi connectivity index (χ0) is 33.7. The maximum atomic E-state index is 14.7. The highest BCUT2D eigenvalue weighted by atomic mass is 16.8. The van der Waals surface area contributed by atoms with E-state index in [0.29, 0.717) is 12.1 Å². The van der Waals surface area contributed by atoms with Crippen LogP contribution in [-0.4, -0.2) is 29.0 Å². The summed E-state index contributed by atoms with van der Waals surface area (Å²) in [6, 6.07) is 6.21. The van der Waals surface area contributed by atoms with Crippen molar-refractivity contribution < 1.29 is 24.3 Å². The lowest BCUT2D eigenvalue weighted by atomic mass is 9.33. The number of nitrogens with one attached hydrogen (secondary N) is 1. The summed E-state index contributed by atoms with van der Waals surface area (Å²) in [6.45, 7) is 17.6. The summed E-state index contributed by atoms with van der Waals surface area (Å²) in [5.41, 5.74) is 0.591. The number of nitrogens with zero attached hydrogens (tertiary/aromatic N) is 1. The number of esters is 1. The van der Waals surface area contributed by atoms with Crippen molar-refractivity contribution in [1.82, 2.24) is 0 Å². The number of carbonyl (C=O) groups excluding carboxylic acids is 3. The van der Waals surface area contributed by atoms with Crippen LogP contribution in [0.2, 0.25) is 0 Å². The first-order chi connectivity index (χ1) is 21.3. The highest BCUT2D eigenvalue weighted by molar-refractivity contribution is 5.97. The monoisotopic (exact) mass is 633 g/mol. The van der Waals surface area contributed by atoms with Gasteiger partial charge in [0.25, 0.3) is 0 Å². The van der Waals surface area contributed by atoms with E-state index in [1.807, 2.05) is 6.08 Å². The molecule has 46 heavy (non-hydrogen) atoms. The number of anilines is 2. The third-order valence-electron chi connectivity index (χ3n) is 14.7. The summed E-state index contributed by atoms with van der Waals surface area (Å²) in [5, 5.41) is 23.3. The van der Waals surface area contributed by atoms with Gasteiger partial charge >= 0.3 is 5.97 Å². The number of rotatable bonds is 4. The van der Waals surface area contributed by atoms with Crippen molar-refractivity contribution in [3.63, 3.8) is 0 Å². The predicted octanol–water partition coefficient (Wildman–Crippen LogP) is 8.23. The average molecular weight is 634 g/mol. The maximum absolute atomic E-state index is 14.7. The Labute approximate surface area is 274 Å². The number of carbonyl (C=O) groups is 3. The van der Waals surface area contributed by atoms with Crippen LogP contribution in [0.1, 0.15) is 113 Å². The number of ketones is 1. The molecular weight excluding hydrogens is 580 g/mol. The second-order valence-electron chi connectivity index (χ2n) is 17.5. The van der Waals surface area contributed by atoms with Crippen molar-refractivity contribution >= 4 is 29.0 Å². The molecule has 4 fully saturated rings. The van der Waals surface area contributed by atoms with Crippen molar-refractivity contribution in [2.24, 2.45) is 50.2 Å². The lowest BCUT2D eigenvalue weighted by molar-refractivity contribution is -0.210. The van der Waals surface area contributed by atoms with Crippen LogP contribution in [0.5, 0.6) is 0 Å². The van der Waals surface area contributed by atoms with Crippen LogP contribution in [0.3, 0.4) is 0 Å². The molecule has 2 N–H and O–H groups in total. The molecule has 0 saturated heterocycles. The Balaban J connectivity index is 1.32. The Hall–Kier alpha value is -2.71. The second kappa shape index (κ2) is 10.6. The third kappa shape index (κ3) is 4.71. The zero-order valence-electron chi connectivity index (χ0n) is 29.0. The van der Waals surface area contributed by atoms with Crippen molar-refractivity contribution in [1.29, 1.82) is 0 Å². The van der Waals surface area contributed by atoms with E-state index in [-0.39, 0.29) is 79.5 Å². The molecule has 0 aromatic heterocycles. The lowest BCUT2D eigenvalue weighted by Gasteiger charge is -2.70. The fourth-order valence-electron chi connectivity index (χ4n) is 11.7. The van der Waals surface area contributed by atoms with E-state index in [2.05, 4.69) is 53.8 Å². The minimum absolute atomic E-state index is 0.0279. The molecule has 8 heteroatoms. The van der Waals surface area contributed by atoms with Gasteiger partial charge < -0.3 is 20.5 Å². The van der Waals surface area contributed by atoms with E-state index in [1.54, 1.807) is 12.1 Å². The number of hydrogen-bond donors (Lipinski definition) is 2.